The standard InChI is InChI=1S/C16H16O.C7H8N2O2/c1-12-4-6-13(7-5-12)15-9-8-14-3-2-10-17-16(14)11-15;1-8-6-4-9-3-2-5(6)7(10)11/h4-9,11H,2-3,10H2,1H3;2-4,8H,1H3,(H,10,11). The summed E-state index contributed by atoms with van der Waals surface area (Å²) in [4.78, 5) is 14.3. The first-order chi connectivity index (χ1) is 13.6. The first-order valence-electron chi connectivity index (χ1n) is 9.26. The Labute approximate surface area is 165 Å². The van der Waals surface area contributed by atoms with Gasteiger partial charge in [-0.05, 0) is 48.6 Å². The molecule has 1 aromatic heterocycles. The van der Waals surface area contributed by atoms with Crippen LogP contribution in [0.5, 0.6) is 5.75 Å². The molecule has 2 N–H and O–H groups in total. The van der Waals surface area contributed by atoms with E-state index in [0.717, 1.165) is 25.2 Å². The van der Waals surface area contributed by atoms with Gasteiger partial charge in [-0.2, -0.15) is 0 Å². The van der Waals surface area contributed by atoms with Gasteiger partial charge in [-0.1, -0.05) is 42.0 Å². The third kappa shape index (κ3) is 4.68. The number of carbonyl (C=O) groups is 1. The number of ether oxygens (including phenoxy) is 1. The van der Waals surface area contributed by atoms with Crippen molar-refractivity contribution in [3.05, 3.63) is 77.6 Å². The monoisotopic (exact) mass is 376 g/mol. The first-order valence-corrected chi connectivity index (χ1v) is 9.26. The lowest BCUT2D eigenvalue weighted by atomic mass is 9.99. The van der Waals surface area contributed by atoms with E-state index >= 15 is 0 Å². The van der Waals surface area contributed by atoms with Gasteiger partial charge in [0, 0.05) is 13.2 Å². The van der Waals surface area contributed by atoms with Crippen molar-refractivity contribution in [3.63, 3.8) is 0 Å². The molecular formula is C23H24N2O3. The van der Waals surface area contributed by atoms with Crippen molar-refractivity contribution in [1.29, 1.82) is 0 Å². The van der Waals surface area contributed by atoms with Gasteiger partial charge in [-0.15, -0.1) is 0 Å². The Morgan fingerprint density at radius 2 is 1.86 bits per heavy atom. The molecule has 1 aliphatic rings. The number of hydrogen-bond acceptors (Lipinski definition) is 4. The summed E-state index contributed by atoms with van der Waals surface area (Å²) < 4.78 is 5.71. The van der Waals surface area contributed by atoms with Gasteiger partial charge in [0.2, 0.25) is 0 Å². The Hall–Kier alpha value is -3.34. The number of carboxylic acids is 1. The summed E-state index contributed by atoms with van der Waals surface area (Å²) in [5, 5.41) is 11.4. The van der Waals surface area contributed by atoms with Gasteiger partial charge in [0.05, 0.1) is 24.1 Å². The second kappa shape index (κ2) is 9.04. The van der Waals surface area contributed by atoms with Crippen LogP contribution in [0.25, 0.3) is 11.1 Å². The summed E-state index contributed by atoms with van der Waals surface area (Å²) in [5.41, 5.74) is 5.90. The zero-order chi connectivity index (χ0) is 19.9. The highest BCUT2D eigenvalue weighted by Gasteiger charge is 2.11. The van der Waals surface area contributed by atoms with Gasteiger partial charge in [-0.25, -0.2) is 4.79 Å². The maximum atomic E-state index is 10.5. The molecule has 0 aliphatic carbocycles. The van der Waals surface area contributed by atoms with Crippen LogP contribution in [0.4, 0.5) is 5.69 Å². The van der Waals surface area contributed by atoms with E-state index in [0.29, 0.717) is 5.69 Å². The van der Waals surface area contributed by atoms with Crippen molar-refractivity contribution < 1.29 is 14.6 Å². The Bertz CT molecular complexity index is 952. The van der Waals surface area contributed by atoms with E-state index < -0.39 is 5.97 Å². The van der Waals surface area contributed by atoms with Crippen LogP contribution in [0.2, 0.25) is 0 Å². The van der Waals surface area contributed by atoms with Crippen LogP contribution in [-0.4, -0.2) is 29.7 Å². The van der Waals surface area contributed by atoms with E-state index in [4.69, 9.17) is 9.84 Å². The van der Waals surface area contributed by atoms with Crippen LogP contribution < -0.4 is 10.1 Å². The average Bonchev–Trinajstić information content (AvgIpc) is 2.74. The van der Waals surface area contributed by atoms with Gasteiger partial charge in [0.15, 0.2) is 0 Å². The number of hydrogen-bond donors (Lipinski definition) is 2. The smallest absolute Gasteiger partial charge is 0.337 e. The summed E-state index contributed by atoms with van der Waals surface area (Å²) in [6.45, 7) is 2.96. The maximum Gasteiger partial charge on any atom is 0.337 e. The minimum atomic E-state index is -0.947. The number of nitrogens with zero attached hydrogens (tertiary/aromatic N) is 1. The second-order valence-corrected chi connectivity index (χ2v) is 6.62. The third-order valence-electron chi connectivity index (χ3n) is 4.62. The van der Waals surface area contributed by atoms with Crippen LogP contribution >= 0.6 is 0 Å². The van der Waals surface area contributed by atoms with E-state index in [1.165, 1.54) is 40.7 Å². The number of anilines is 1. The maximum absolute atomic E-state index is 10.5. The molecule has 0 bridgehead atoms. The number of aromatic nitrogens is 1. The number of fused-ring (bicyclic) bond motifs is 1. The summed E-state index contributed by atoms with van der Waals surface area (Å²) in [6, 6.07) is 16.6. The summed E-state index contributed by atoms with van der Waals surface area (Å²) in [5.74, 6) is 0.117. The second-order valence-electron chi connectivity index (χ2n) is 6.62. The molecule has 28 heavy (non-hydrogen) atoms. The highest BCUT2D eigenvalue weighted by Crippen LogP contribution is 2.30. The molecule has 2 aromatic carbocycles. The summed E-state index contributed by atoms with van der Waals surface area (Å²) in [6.07, 6.45) is 5.20. The van der Waals surface area contributed by atoms with Crippen LogP contribution in [0.15, 0.2) is 60.9 Å². The molecule has 144 valence electrons. The highest BCUT2D eigenvalue weighted by atomic mass is 16.5. The molecule has 4 rings (SSSR count). The molecule has 0 amide bonds. The molecule has 0 radical (unpaired) electrons. The van der Waals surface area contributed by atoms with Crippen molar-refractivity contribution in [2.75, 3.05) is 19.0 Å². The Morgan fingerprint density at radius 3 is 2.54 bits per heavy atom. The van der Waals surface area contributed by atoms with E-state index in [1.54, 1.807) is 7.05 Å². The van der Waals surface area contributed by atoms with E-state index in [9.17, 15) is 4.79 Å². The fourth-order valence-corrected chi connectivity index (χ4v) is 3.05. The predicted octanol–water partition coefficient (Wildman–Crippen LogP) is 4.81. The van der Waals surface area contributed by atoms with Gasteiger partial charge in [0.25, 0.3) is 0 Å². The predicted molar refractivity (Wildman–Crippen MR) is 111 cm³/mol. The van der Waals surface area contributed by atoms with E-state index in [1.807, 2.05) is 0 Å². The molecule has 3 aromatic rings. The molecule has 1 aliphatic heterocycles. The normalized spacial score (nSPS) is 12.1. The Balaban J connectivity index is 0.000000178. The molecule has 5 nitrogen and oxygen atoms in total. The zero-order valence-corrected chi connectivity index (χ0v) is 16.1. The number of carboxylic acid groups (broad SMARTS) is 1. The number of pyridine rings is 1. The molecule has 0 unspecified atom stereocenters. The largest absolute Gasteiger partial charge is 0.493 e. The molecular weight excluding hydrogens is 352 g/mol. The Morgan fingerprint density at radius 1 is 1.11 bits per heavy atom. The van der Waals surface area contributed by atoms with Crippen molar-refractivity contribution in [2.45, 2.75) is 19.8 Å². The SMILES string of the molecule is CNc1cnccc1C(=O)O.Cc1ccc(-c2ccc3c(c2)OCCC3)cc1. The molecule has 0 saturated heterocycles. The molecule has 0 spiro atoms. The van der Waals surface area contributed by atoms with Crippen LogP contribution in [0.1, 0.15) is 27.9 Å². The van der Waals surface area contributed by atoms with Crippen molar-refractivity contribution in [1.82, 2.24) is 4.98 Å². The zero-order valence-electron chi connectivity index (χ0n) is 16.1. The quantitative estimate of drug-likeness (QED) is 0.686. The highest BCUT2D eigenvalue weighted by molar-refractivity contribution is 5.93. The fraction of sp³-hybridized carbons (Fsp3) is 0.217. The lowest BCUT2D eigenvalue weighted by Crippen LogP contribution is -2.07. The number of aromatic carboxylic acids is 1. The van der Waals surface area contributed by atoms with Crippen molar-refractivity contribution in [3.8, 4) is 16.9 Å². The van der Waals surface area contributed by atoms with E-state index in [-0.39, 0.29) is 5.56 Å². The number of benzene rings is 2. The van der Waals surface area contributed by atoms with Crippen LogP contribution in [0.3, 0.4) is 0 Å². The summed E-state index contributed by atoms with van der Waals surface area (Å²) >= 11 is 0. The lowest BCUT2D eigenvalue weighted by molar-refractivity contribution is 0.0698. The van der Waals surface area contributed by atoms with Crippen molar-refractivity contribution in [2.24, 2.45) is 0 Å². The molecule has 0 atom stereocenters. The van der Waals surface area contributed by atoms with Gasteiger partial charge in [0.1, 0.15) is 5.75 Å². The fourth-order valence-electron chi connectivity index (χ4n) is 3.05. The number of aryl methyl sites for hydroxylation is 2. The third-order valence-corrected chi connectivity index (χ3v) is 4.62. The lowest BCUT2D eigenvalue weighted by Gasteiger charge is -2.18. The number of rotatable bonds is 3. The minimum absolute atomic E-state index is 0.238. The topological polar surface area (TPSA) is 71.5 Å². The average molecular weight is 376 g/mol. The van der Waals surface area contributed by atoms with E-state index in [2.05, 4.69) is 59.7 Å². The van der Waals surface area contributed by atoms with Crippen LogP contribution in [0, 0.1) is 6.92 Å². The van der Waals surface area contributed by atoms with Crippen LogP contribution in [-0.2, 0) is 6.42 Å². The van der Waals surface area contributed by atoms with Gasteiger partial charge in [-0.3, -0.25) is 4.98 Å². The first kappa shape index (κ1) is 19.4. The molecule has 0 saturated carbocycles. The molecule has 2 heterocycles. The van der Waals surface area contributed by atoms with Gasteiger partial charge < -0.3 is 15.2 Å². The number of nitrogens with one attached hydrogen (secondary N) is 1. The molecule has 5 heteroatoms. The van der Waals surface area contributed by atoms with Crippen molar-refractivity contribution >= 4 is 11.7 Å². The Kier molecular flexibility index (Phi) is 6.27. The molecule has 0 fully saturated rings. The van der Waals surface area contributed by atoms with Gasteiger partial charge >= 0.3 is 5.97 Å². The minimum Gasteiger partial charge on any atom is -0.493 e. The summed E-state index contributed by atoms with van der Waals surface area (Å²) in [7, 11) is 1.66.